The first-order valence-corrected chi connectivity index (χ1v) is 21.6. The largest absolute Gasteiger partial charge is 0.472 e. The predicted octanol–water partition coefficient (Wildman–Crippen LogP) is 6.50. The Morgan fingerprint density at radius 3 is 2.06 bits per heavy atom. The number of phosphoric ester groups is 1. The van der Waals surface area contributed by atoms with Gasteiger partial charge in [-0.15, -0.1) is 0 Å². The van der Waals surface area contributed by atoms with E-state index < -0.39 is 70.6 Å². The highest BCUT2D eigenvalue weighted by molar-refractivity contribution is 7.47. The van der Waals surface area contributed by atoms with Crippen molar-refractivity contribution >= 4 is 25.5 Å². The normalized spacial score (nSPS) is 20.5. The number of ether oxygens (including phenoxy) is 2. The molecule has 13 nitrogen and oxygen atoms in total. The Balaban J connectivity index is 2.48. The van der Waals surface area contributed by atoms with Crippen LogP contribution in [0.5, 0.6) is 0 Å². The van der Waals surface area contributed by atoms with Crippen LogP contribution < -0.4 is 0 Å². The number of hydrogen-bond acceptors (Lipinski definition) is 12. The van der Waals surface area contributed by atoms with Crippen molar-refractivity contribution in [2.45, 2.75) is 174 Å². The summed E-state index contributed by atoms with van der Waals surface area (Å²) in [5, 5.41) is 39.0. The number of hydrogen-bond donors (Lipinski definition) is 5. The zero-order chi connectivity index (χ0) is 39.5. The zero-order valence-corrected chi connectivity index (χ0v) is 33.5. The van der Waals surface area contributed by atoms with Crippen LogP contribution in [0.3, 0.4) is 0 Å². The molecule has 14 heteroatoms. The fourth-order valence-electron chi connectivity index (χ4n) is 6.31. The summed E-state index contributed by atoms with van der Waals surface area (Å²) < 4.78 is 32.6. The molecular formula is C39H71O13P. The molecule has 5 N–H and O–H groups in total. The molecule has 0 aromatic carbocycles. The summed E-state index contributed by atoms with van der Waals surface area (Å²) >= 11 is 0. The van der Waals surface area contributed by atoms with Crippen LogP contribution >= 0.6 is 7.82 Å². The lowest BCUT2D eigenvalue weighted by Crippen LogP contribution is -2.29. The number of carbonyl (C=O) groups excluding carboxylic acids is 3. The van der Waals surface area contributed by atoms with E-state index in [-0.39, 0.29) is 36.9 Å². The number of aliphatic hydroxyl groups excluding tert-OH is 4. The van der Waals surface area contributed by atoms with Crippen LogP contribution in [0.25, 0.3) is 0 Å². The van der Waals surface area contributed by atoms with E-state index in [1.165, 1.54) is 19.3 Å². The number of ketones is 1. The molecule has 0 radical (unpaired) electrons. The van der Waals surface area contributed by atoms with Crippen molar-refractivity contribution in [3.05, 3.63) is 12.2 Å². The number of rotatable bonds is 33. The van der Waals surface area contributed by atoms with E-state index >= 15 is 0 Å². The zero-order valence-electron chi connectivity index (χ0n) is 32.6. The summed E-state index contributed by atoms with van der Waals surface area (Å²) in [7, 11) is -4.67. The molecule has 0 heterocycles. The summed E-state index contributed by atoms with van der Waals surface area (Å²) in [6.45, 7) is 4.22. The van der Waals surface area contributed by atoms with Gasteiger partial charge in [0.15, 0.2) is 6.10 Å². The third kappa shape index (κ3) is 25.2. The standard InChI is InChI=1S/C39H71O13P/c1-4-5-13-19-31(41)23-24-35-34(36(43)25-37(35)44)20-15-11-12-16-21-38(45)49-28-33(29-51-53(47,48)50-27-32(42)26-40)52-39(46)22-17-10-8-6-7-9-14-18-30(2)3/h23-24,30-35,37,40-42,44H,4-22,25-29H2,1-3H3,(H,47,48)/b24-23+/t31-,32-,33+,34+,35+,37+/m0/s1. The minimum atomic E-state index is -4.67. The minimum Gasteiger partial charge on any atom is -0.462 e. The van der Waals surface area contributed by atoms with Crippen molar-refractivity contribution in [1.29, 1.82) is 0 Å². The van der Waals surface area contributed by atoms with Gasteiger partial charge in [0, 0.05) is 31.1 Å². The van der Waals surface area contributed by atoms with Gasteiger partial charge in [-0.3, -0.25) is 23.4 Å². The SMILES string of the molecule is CCCCC[C@H](O)/C=C/[C@H]1[C@H](O)CC(=O)[C@@H]1CCCCCCC(=O)OC[C@H](COP(=O)(O)OC[C@@H](O)CO)OC(=O)CCCCCCCCCC(C)C. The molecule has 0 bridgehead atoms. The van der Waals surface area contributed by atoms with Gasteiger partial charge in [0.2, 0.25) is 0 Å². The van der Waals surface area contributed by atoms with Crippen molar-refractivity contribution in [1.82, 2.24) is 0 Å². The second-order valence-electron chi connectivity index (χ2n) is 14.9. The van der Waals surface area contributed by atoms with Gasteiger partial charge in [0.25, 0.3) is 0 Å². The average Bonchev–Trinajstić information content (AvgIpc) is 3.38. The highest BCUT2D eigenvalue weighted by atomic mass is 31.2. The quantitative estimate of drug-likeness (QED) is 0.0209. The second kappa shape index (κ2) is 29.6. The van der Waals surface area contributed by atoms with Gasteiger partial charge in [0.05, 0.1) is 32.0 Å². The Morgan fingerprint density at radius 1 is 0.830 bits per heavy atom. The summed E-state index contributed by atoms with van der Waals surface area (Å²) in [6.07, 6.45) is 15.5. The van der Waals surface area contributed by atoms with Crippen LogP contribution in [-0.2, 0) is 37.5 Å². The molecule has 0 spiro atoms. The van der Waals surface area contributed by atoms with E-state index in [9.17, 15) is 39.2 Å². The van der Waals surface area contributed by atoms with Gasteiger partial charge >= 0.3 is 19.8 Å². The molecule has 53 heavy (non-hydrogen) atoms. The number of aliphatic hydroxyl groups is 4. The molecule has 0 aliphatic heterocycles. The lowest BCUT2D eigenvalue weighted by molar-refractivity contribution is -0.161. The number of Topliss-reactive ketones (excluding diaryl/α,β-unsaturated/α-hetero) is 1. The molecule has 1 unspecified atom stereocenters. The maximum Gasteiger partial charge on any atom is 0.472 e. The molecule has 0 amide bonds. The maximum atomic E-state index is 12.6. The van der Waals surface area contributed by atoms with Crippen molar-refractivity contribution in [2.75, 3.05) is 26.4 Å². The first-order valence-electron chi connectivity index (χ1n) is 20.1. The lowest BCUT2D eigenvalue weighted by Gasteiger charge is -2.20. The molecule has 0 aromatic heterocycles. The summed E-state index contributed by atoms with van der Waals surface area (Å²) in [5.74, 6) is -0.939. The molecule has 0 aromatic rings. The van der Waals surface area contributed by atoms with Crippen LogP contribution in [0, 0.1) is 17.8 Å². The van der Waals surface area contributed by atoms with E-state index in [0.29, 0.717) is 38.0 Å². The Kier molecular flexibility index (Phi) is 27.5. The van der Waals surface area contributed by atoms with Gasteiger partial charge in [0.1, 0.15) is 18.5 Å². The fourth-order valence-corrected chi connectivity index (χ4v) is 7.10. The fraction of sp³-hybridized carbons (Fsp3) is 0.872. The Bertz CT molecular complexity index is 1070. The lowest BCUT2D eigenvalue weighted by atomic mass is 9.88. The van der Waals surface area contributed by atoms with Gasteiger partial charge < -0.3 is 34.8 Å². The Morgan fingerprint density at radius 2 is 1.42 bits per heavy atom. The molecule has 310 valence electrons. The maximum absolute atomic E-state index is 12.6. The van der Waals surface area contributed by atoms with Gasteiger partial charge in [-0.05, 0) is 31.6 Å². The smallest absolute Gasteiger partial charge is 0.462 e. The van der Waals surface area contributed by atoms with Crippen molar-refractivity contribution in [3.63, 3.8) is 0 Å². The Labute approximate surface area is 317 Å². The van der Waals surface area contributed by atoms with Crippen molar-refractivity contribution in [3.8, 4) is 0 Å². The Hall–Kier alpha value is -1.70. The van der Waals surface area contributed by atoms with Crippen LogP contribution in [0.2, 0.25) is 0 Å². The third-order valence-electron chi connectivity index (χ3n) is 9.49. The van der Waals surface area contributed by atoms with Crippen molar-refractivity contribution < 1.29 is 62.8 Å². The average molecular weight is 779 g/mol. The minimum absolute atomic E-state index is 0.0326. The molecule has 1 saturated carbocycles. The molecule has 7 atom stereocenters. The number of carbonyl (C=O) groups is 3. The number of esters is 2. The summed E-state index contributed by atoms with van der Waals surface area (Å²) in [5.41, 5.74) is 0. The highest BCUT2D eigenvalue weighted by Crippen LogP contribution is 2.43. The first kappa shape index (κ1) is 49.3. The predicted molar refractivity (Wildman–Crippen MR) is 202 cm³/mol. The molecule has 1 aliphatic rings. The summed E-state index contributed by atoms with van der Waals surface area (Å²) in [6, 6.07) is 0. The summed E-state index contributed by atoms with van der Waals surface area (Å²) in [4.78, 5) is 47.6. The van der Waals surface area contributed by atoms with E-state index in [2.05, 4.69) is 25.3 Å². The van der Waals surface area contributed by atoms with Gasteiger partial charge in [-0.2, -0.15) is 0 Å². The van der Waals surface area contributed by atoms with Crippen LogP contribution in [0.15, 0.2) is 12.2 Å². The second-order valence-corrected chi connectivity index (χ2v) is 16.4. The molecule has 1 aliphatic carbocycles. The van der Waals surface area contributed by atoms with Crippen LogP contribution in [-0.4, -0.2) is 93.9 Å². The number of phosphoric acid groups is 1. The van der Waals surface area contributed by atoms with Gasteiger partial charge in [-0.1, -0.05) is 116 Å². The monoisotopic (exact) mass is 778 g/mol. The molecule has 1 rings (SSSR count). The van der Waals surface area contributed by atoms with Gasteiger partial charge in [-0.25, -0.2) is 4.57 Å². The van der Waals surface area contributed by atoms with Crippen LogP contribution in [0.4, 0.5) is 0 Å². The first-order chi connectivity index (χ1) is 25.3. The van der Waals surface area contributed by atoms with E-state index in [0.717, 1.165) is 57.8 Å². The van der Waals surface area contributed by atoms with E-state index in [4.69, 9.17) is 19.1 Å². The topological polar surface area (TPSA) is 206 Å². The number of unbranched alkanes of at least 4 members (excludes halogenated alkanes) is 11. The third-order valence-corrected chi connectivity index (χ3v) is 10.4. The van der Waals surface area contributed by atoms with Crippen LogP contribution in [0.1, 0.15) is 149 Å². The molecule has 1 fully saturated rings. The van der Waals surface area contributed by atoms with E-state index in [1.54, 1.807) is 12.2 Å². The van der Waals surface area contributed by atoms with E-state index in [1.807, 2.05) is 0 Å². The molecular weight excluding hydrogens is 707 g/mol. The molecule has 0 saturated heterocycles. The highest BCUT2D eigenvalue weighted by Gasteiger charge is 2.39. The van der Waals surface area contributed by atoms with Crippen molar-refractivity contribution in [2.24, 2.45) is 17.8 Å².